The van der Waals surface area contributed by atoms with E-state index in [0.29, 0.717) is 19.8 Å². The summed E-state index contributed by atoms with van der Waals surface area (Å²) in [5.74, 6) is -0.463. The fourth-order valence-corrected chi connectivity index (χ4v) is 5.23. The van der Waals surface area contributed by atoms with Crippen LogP contribution in [0.4, 0.5) is 4.79 Å². The molecule has 0 saturated carbocycles. The standard InChI is InChI=1S/C35H39NO7/c1-35(2,3)43-34(38)36-28(19-20-30(36)37)31-33(41-23-27-17-11-6-12-18-27)32(40-22-26-15-9-5-10-16-26)29(42-31)24-39-21-25-13-7-4-8-14-25/h4-20,28-29,31-33H,21-24H2,1-3H3/t28-,29+,31+,32+,33+/m0/s1. The number of hydrogen-bond acceptors (Lipinski definition) is 7. The number of carbonyl (C=O) groups is 2. The molecule has 0 radical (unpaired) electrons. The topological polar surface area (TPSA) is 83.5 Å². The second kappa shape index (κ2) is 14.1. The van der Waals surface area contributed by atoms with Gasteiger partial charge in [0.2, 0.25) is 0 Å². The van der Waals surface area contributed by atoms with Gasteiger partial charge in [-0.15, -0.1) is 0 Å². The fraction of sp³-hybridized carbons (Fsp3) is 0.371. The summed E-state index contributed by atoms with van der Waals surface area (Å²) in [5.41, 5.74) is 2.24. The van der Waals surface area contributed by atoms with Crippen LogP contribution in [-0.2, 0) is 48.3 Å². The van der Waals surface area contributed by atoms with Gasteiger partial charge >= 0.3 is 6.09 Å². The van der Waals surface area contributed by atoms with Gasteiger partial charge in [0.05, 0.1) is 32.5 Å². The molecule has 0 aliphatic carbocycles. The second-order valence-electron chi connectivity index (χ2n) is 11.7. The van der Waals surface area contributed by atoms with Crippen LogP contribution >= 0.6 is 0 Å². The molecule has 0 unspecified atom stereocenters. The molecule has 43 heavy (non-hydrogen) atoms. The van der Waals surface area contributed by atoms with E-state index in [-0.39, 0.29) is 6.61 Å². The highest BCUT2D eigenvalue weighted by Gasteiger charge is 2.53. The predicted octanol–water partition coefficient (Wildman–Crippen LogP) is 5.84. The summed E-state index contributed by atoms with van der Waals surface area (Å²) in [6.07, 6.45) is -0.0898. The molecule has 5 rings (SSSR count). The fourth-order valence-electron chi connectivity index (χ4n) is 5.23. The Bertz CT molecular complexity index is 1360. The minimum atomic E-state index is -0.778. The maximum absolute atomic E-state index is 13.2. The van der Waals surface area contributed by atoms with E-state index >= 15 is 0 Å². The summed E-state index contributed by atoms with van der Waals surface area (Å²) >= 11 is 0. The molecule has 1 fully saturated rings. The number of hydrogen-bond donors (Lipinski definition) is 0. The van der Waals surface area contributed by atoms with E-state index in [9.17, 15) is 9.59 Å². The molecule has 5 atom stereocenters. The molecule has 3 aromatic carbocycles. The molecule has 1 saturated heterocycles. The normalized spacial score (nSPS) is 23.6. The number of imide groups is 1. The van der Waals surface area contributed by atoms with Crippen LogP contribution in [0.25, 0.3) is 0 Å². The minimum absolute atomic E-state index is 0.229. The molecule has 2 aliphatic heterocycles. The third-order valence-corrected chi connectivity index (χ3v) is 7.21. The lowest BCUT2D eigenvalue weighted by Crippen LogP contribution is -2.51. The maximum atomic E-state index is 13.2. The van der Waals surface area contributed by atoms with Crippen molar-refractivity contribution in [3.63, 3.8) is 0 Å². The van der Waals surface area contributed by atoms with Crippen LogP contribution in [0.2, 0.25) is 0 Å². The van der Waals surface area contributed by atoms with Crippen LogP contribution < -0.4 is 0 Å². The van der Waals surface area contributed by atoms with Crippen LogP contribution in [0.5, 0.6) is 0 Å². The van der Waals surface area contributed by atoms with Crippen molar-refractivity contribution >= 4 is 12.0 Å². The van der Waals surface area contributed by atoms with Gasteiger partial charge in [0.25, 0.3) is 5.91 Å². The largest absolute Gasteiger partial charge is 0.443 e. The number of benzene rings is 3. The average Bonchev–Trinajstić information content (AvgIpc) is 3.55. The average molecular weight is 586 g/mol. The third-order valence-electron chi connectivity index (χ3n) is 7.21. The first-order chi connectivity index (χ1) is 20.8. The Labute approximate surface area is 253 Å². The highest BCUT2D eigenvalue weighted by atomic mass is 16.6. The molecule has 0 bridgehead atoms. The van der Waals surface area contributed by atoms with Crippen molar-refractivity contribution in [1.82, 2.24) is 4.90 Å². The van der Waals surface area contributed by atoms with E-state index < -0.39 is 48.1 Å². The van der Waals surface area contributed by atoms with Gasteiger partial charge in [-0.05, 0) is 37.5 Å². The molecular formula is C35H39NO7. The van der Waals surface area contributed by atoms with Crippen molar-refractivity contribution in [2.75, 3.05) is 6.61 Å². The smallest absolute Gasteiger partial charge is 0.417 e. The lowest BCUT2D eigenvalue weighted by molar-refractivity contribution is -0.130. The zero-order valence-electron chi connectivity index (χ0n) is 24.8. The van der Waals surface area contributed by atoms with Gasteiger partial charge in [-0.25, -0.2) is 9.69 Å². The zero-order chi connectivity index (χ0) is 30.2. The van der Waals surface area contributed by atoms with Crippen molar-refractivity contribution in [1.29, 1.82) is 0 Å². The number of ether oxygens (including phenoxy) is 5. The van der Waals surface area contributed by atoms with E-state index in [2.05, 4.69) is 0 Å². The van der Waals surface area contributed by atoms with Crippen LogP contribution in [0.1, 0.15) is 37.5 Å². The van der Waals surface area contributed by atoms with E-state index in [4.69, 9.17) is 23.7 Å². The zero-order valence-corrected chi connectivity index (χ0v) is 24.8. The number of rotatable bonds is 11. The van der Waals surface area contributed by atoms with Crippen molar-refractivity contribution in [3.8, 4) is 0 Å². The summed E-state index contributed by atoms with van der Waals surface area (Å²) in [4.78, 5) is 27.3. The van der Waals surface area contributed by atoms with Gasteiger partial charge < -0.3 is 23.7 Å². The molecule has 2 aliphatic rings. The van der Waals surface area contributed by atoms with Gasteiger partial charge in [0.15, 0.2) is 0 Å². The van der Waals surface area contributed by atoms with Crippen LogP contribution in [0.3, 0.4) is 0 Å². The summed E-state index contributed by atoms with van der Waals surface area (Å²) in [6, 6.07) is 28.8. The summed E-state index contributed by atoms with van der Waals surface area (Å²) in [5, 5.41) is 0. The summed E-state index contributed by atoms with van der Waals surface area (Å²) < 4.78 is 31.4. The van der Waals surface area contributed by atoms with Gasteiger partial charge in [-0.3, -0.25) is 4.79 Å². The minimum Gasteiger partial charge on any atom is -0.443 e. The molecule has 8 heteroatoms. The first-order valence-corrected chi connectivity index (χ1v) is 14.6. The molecule has 0 spiro atoms. The Kier molecular flexibility index (Phi) is 10.0. The van der Waals surface area contributed by atoms with Crippen LogP contribution in [-0.4, -0.2) is 59.6 Å². The van der Waals surface area contributed by atoms with Crippen LogP contribution in [0, 0.1) is 0 Å². The first kappa shape index (κ1) is 30.6. The molecule has 8 nitrogen and oxygen atoms in total. The lowest BCUT2D eigenvalue weighted by Gasteiger charge is -2.32. The van der Waals surface area contributed by atoms with Crippen molar-refractivity contribution in [2.24, 2.45) is 0 Å². The first-order valence-electron chi connectivity index (χ1n) is 14.6. The highest BCUT2D eigenvalue weighted by molar-refractivity contribution is 6.01. The van der Waals surface area contributed by atoms with Gasteiger partial charge in [-0.2, -0.15) is 0 Å². The van der Waals surface area contributed by atoms with E-state index in [1.165, 1.54) is 6.08 Å². The quantitative estimate of drug-likeness (QED) is 0.279. The third kappa shape index (κ3) is 8.18. The Morgan fingerprint density at radius 3 is 1.81 bits per heavy atom. The van der Waals surface area contributed by atoms with Crippen LogP contribution in [0.15, 0.2) is 103 Å². The summed E-state index contributed by atoms with van der Waals surface area (Å²) in [6.45, 7) is 6.55. The number of amides is 2. The molecule has 2 amide bonds. The SMILES string of the molecule is CC(C)(C)OC(=O)N1C(=O)C=C[C@H]1[C@H]1O[C@H](COCc2ccccc2)[C@@H](OCc2ccccc2)[C@@H]1OCc1ccccc1. The van der Waals surface area contributed by atoms with Gasteiger partial charge in [-0.1, -0.05) is 97.1 Å². The monoisotopic (exact) mass is 585 g/mol. The van der Waals surface area contributed by atoms with E-state index in [1.54, 1.807) is 26.8 Å². The van der Waals surface area contributed by atoms with E-state index in [1.807, 2.05) is 91.0 Å². The van der Waals surface area contributed by atoms with Crippen molar-refractivity contribution in [3.05, 3.63) is 120 Å². The predicted molar refractivity (Wildman–Crippen MR) is 161 cm³/mol. The maximum Gasteiger partial charge on any atom is 0.417 e. The van der Waals surface area contributed by atoms with Gasteiger partial charge in [0, 0.05) is 6.08 Å². The molecule has 3 aromatic rings. The molecular weight excluding hydrogens is 546 g/mol. The van der Waals surface area contributed by atoms with E-state index in [0.717, 1.165) is 21.6 Å². The van der Waals surface area contributed by atoms with Crippen molar-refractivity contribution < 1.29 is 33.3 Å². The molecule has 226 valence electrons. The highest BCUT2D eigenvalue weighted by Crippen LogP contribution is 2.35. The molecule has 0 N–H and O–H groups in total. The Morgan fingerprint density at radius 1 is 0.767 bits per heavy atom. The molecule has 0 aromatic heterocycles. The summed E-state index contributed by atoms with van der Waals surface area (Å²) in [7, 11) is 0. The number of nitrogens with zero attached hydrogens (tertiary/aromatic N) is 1. The Balaban J connectivity index is 1.41. The van der Waals surface area contributed by atoms with Gasteiger partial charge in [0.1, 0.15) is 30.0 Å². The van der Waals surface area contributed by atoms with Crippen molar-refractivity contribution in [2.45, 2.75) is 76.7 Å². The Morgan fingerprint density at radius 2 is 1.28 bits per heavy atom. The lowest BCUT2D eigenvalue weighted by atomic mass is 10.0. The molecule has 2 heterocycles. The second-order valence-corrected chi connectivity index (χ2v) is 11.7. The Hall–Kier alpha value is -3.82. The number of carbonyl (C=O) groups excluding carboxylic acids is 2.